The number of benzene rings is 3. The van der Waals surface area contributed by atoms with Gasteiger partial charge < -0.3 is 14.5 Å². The van der Waals surface area contributed by atoms with E-state index in [0.29, 0.717) is 28.5 Å². The van der Waals surface area contributed by atoms with E-state index in [4.69, 9.17) is 9.15 Å². The van der Waals surface area contributed by atoms with Gasteiger partial charge in [0, 0.05) is 22.5 Å². The number of carbonyl (C=O) groups excluding carboxylic acids is 1. The van der Waals surface area contributed by atoms with Crippen LogP contribution >= 0.6 is 11.8 Å². The highest BCUT2D eigenvalue weighted by Gasteiger charge is 2.21. The number of hydrogen-bond donors (Lipinski definition) is 1. The molecule has 0 aliphatic rings. The molecule has 0 saturated heterocycles. The van der Waals surface area contributed by atoms with Gasteiger partial charge in [0.2, 0.25) is 0 Å². The first kappa shape index (κ1) is 19.2. The van der Waals surface area contributed by atoms with Gasteiger partial charge >= 0.3 is 0 Å². The number of thioether (sulfide) groups is 1. The van der Waals surface area contributed by atoms with Crippen molar-refractivity contribution >= 4 is 34.3 Å². The molecule has 5 heteroatoms. The lowest BCUT2D eigenvalue weighted by atomic mass is 10.1. The van der Waals surface area contributed by atoms with E-state index in [1.165, 1.54) is 5.56 Å². The third kappa shape index (κ3) is 4.30. The van der Waals surface area contributed by atoms with Crippen molar-refractivity contribution in [1.29, 1.82) is 0 Å². The second-order valence-corrected chi connectivity index (χ2v) is 7.52. The van der Waals surface area contributed by atoms with Gasteiger partial charge in [0.05, 0.1) is 12.8 Å². The lowest BCUT2D eigenvalue weighted by molar-refractivity contribution is 0.0997. The summed E-state index contributed by atoms with van der Waals surface area (Å²) in [7, 11) is 1.58. The number of fused-ring (bicyclic) bond motifs is 1. The van der Waals surface area contributed by atoms with Gasteiger partial charge in [-0.25, -0.2) is 0 Å². The third-order valence-electron chi connectivity index (χ3n) is 4.62. The Labute approximate surface area is 173 Å². The van der Waals surface area contributed by atoms with Crippen LogP contribution in [0.3, 0.4) is 0 Å². The SMILES string of the molecule is COc1ccccc1NC(=O)c1oc2ccccc2c1CSCc1ccccc1. The molecule has 1 amide bonds. The lowest BCUT2D eigenvalue weighted by Crippen LogP contribution is -2.13. The van der Waals surface area contributed by atoms with Gasteiger partial charge in [0.1, 0.15) is 11.3 Å². The fraction of sp³-hybridized carbons (Fsp3) is 0.125. The highest BCUT2D eigenvalue weighted by atomic mass is 32.2. The molecule has 0 atom stereocenters. The Hall–Kier alpha value is -3.18. The fourth-order valence-electron chi connectivity index (χ4n) is 3.20. The van der Waals surface area contributed by atoms with E-state index in [-0.39, 0.29) is 5.91 Å². The molecule has 1 heterocycles. The summed E-state index contributed by atoms with van der Waals surface area (Å²) in [5, 5.41) is 3.89. The summed E-state index contributed by atoms with van der Waals surface area (Å²) in [6.07, 6.45) is 0. The number of para-hydroxylation sites is 3. The number of nitrogens with one attached hydrogen (secondary N) is 1. The van der Waals surface area contributed by atoms with Gasteiger partial charge in [-0.15, -0.1) is 0 Å². The van der Waals surface area contributed by atoms with Crippen LogP contribution in [0.2, 0.25) is 0 Å². The molecule has 4 aromatic rings. The van der Waals surface area contributed by atoms with E-state index < -0.39 is 0 Å². The number of furan rings is 1. The van der Waals surface area contributed by atoms with Gasteiger partial charge in [-0.1, -0.05) is 60.7 Å². The minimum absolute atomic E-state index is 0.277. The number of amides is 1. The zero-order chi connectivity index (χ0) is 20.1. The second-order valence-electron chi connectivity index (χ2n) is 6.54. The van der Waals surface area contributed by atoms with E-state index >= 15 is 0 Å². The molecule has 0 radical (unpaired) electrons. The van der Waals surface area contributed by atoms with Crippen LogP contribution in [0.4, 0.5) is 5.69 Å². The highest BCUT2D eigenvalue weighted by molar-refractivity contribution is 7.97. The van der Waals surface area contributed by atoms with Crippen molar-refractivity contribution in [3.63, 3.8) is 0 Å². The summed E-state index contributed by atoms with van der Waals surface area (Å²) in [6.45, 7) is 0. The molecule has 29 heavy (non-hydrogen) atoms. The first-order valence-electron chi connectivity index (χ1n) is 9.32. The maximum absolute atomic E-state index is 13.0. The van der Waals surface area contributed by atoms with Crippen LogP contribution in [0, 0.1) is 0 Å². The number of carbonyl (C=O) groups is 1. The van der Waals surface area contributed by atoms with Crippen LogP contribution < -0.4 is 10.1 Å². The Balaban J connectivity index is 1.59. The van der Waals surface area contributed by atoms with Gasteiger partial charge in [-0.3, -0.25) is 4.79 Å². The molecule has 3 aromatic carbocycles. The largest absolute Gasteiger partial charge is 0.495 e. The molecule has 0 fully saturated rings. The zero-order valence-corrected chi connectivity index (χ0v) is 16.9. The molecule has 4 nitrogen and oxygen atoms in total. The molecule has 0 saturated carbocycles. The van der Waals surface area contributed by atoms with Crippen molar-refractivity contribution in [2.24, 2.45) is 0 Å². The third-order valence-corrected chi connectivity index (χ3v) is 5.65. The van der Waals surface area contributed by atoms with Gasteiger partial charge in [-0.2, -0.15) is 11.8 Å². The molecule has 146 valence electrons. The smallest absolute Gasteiger partial charge is 0.291 e. The quantitative estimate of drug-likeness (QED) is 0.403. The molecular formula is C24H21NO3S. The lowest BCUT2D eigenvalue weighted by Gasteiger charge is -2.09. The topological polar surface area (TPSA) is 51.5 Å². The van der Waals surface area contributed by atoms with Crippen LogP contribution in [0.5, 0.6) is 5.75 Å². The highest BCUT2D eigenvalue weighted by Crippen LogP contribution is 2.32. The normalized spacial score (nSPS) is 10.8. The minimum atomic E-state index is -0.277. The van der Waals surface area contributed by atoms with Gasteiger partial charge in [-0.05, 0) is 23.8 Å². The summed E-state index contributed by atoms with van der Waals surface area (Å²) < 4.78 is 11.3. The average molecular weight is 404 g/mol. The minimum Gasteiger partial charge on any atom is -0.495 e. The van der Waals surface area contributed by atoms with Crippen LogP contribution in [0.15, 0.2) is 83.3 Å². The predicted octanol–water partition coefficient (Wildman–Crippen LogP) is 6.13. The summed E-state index contributed by atoms with van der Waals surface area (Å²) in [5.41, 5.74) is 3.50. The van der Waals surface area contributed by atoms with Crippen LogP contribution in [-0.2, 0) is 11.5 Å². The van der Waals surface area contributed by atoms with Crippen molar-refractivity contribution in [3.05, 3.63) is 95.7 Å². The Morgan fingerprint density at radius 2 is 1.66 bits per heavy atom. The molecule has 0 unspecified atom stereocenters. The van der Waals surface area contributed by atoms with E-state index in [9.17, 15) is 4.79 Å². The maximum atomic E-state index is 13.0. The van der Waals surface area contributed by atoms with E-state index in [2.05, 4.69) is 17.4 Å². The summed E-state index contributed by atoms with van der Waals surface area (Å²) >= 11 is 1.76. The summed E-state index contributed by atoms with van der Waals surface area (Å²) in [6, 6.07) is 25.4. The van der Waals surface area contributed by atoms with Crippen LogP contribution in [0.1, 0.15) is 21.7 Å². The molecule has 4 rings (SSSR count). The standard InChI is InChI=1S/C24H21NO3S/c1-27-22-14-8-6-12-20(22)25-24(26)23-19(18-11-5-7-13-21(18)28-23)16-29-15-17-9-3-2-4-10-17/h2-14H,15-16H2,1H3,(H,25,26). The van der Waals surface area contributed by atoms with Gasteiger partial charge in [0.15, 0.2) is 5.76 Å². The molecule has 0 aliphatic carbocycles. The van der Waals surface area contributed by atoms with Crippen molar-refractivity contribution in [1.82, 2.24) is 0 Å². The molecule has 0 bridgehead atoms. The summed E-state index contributed by atoms with van der Waals surface area (Å²) in [5.74, 6) is 2.23. The first-order valence-corrected chi connectivity index (χ1v) is 10.5. The van der Waals surface area contributed by atoms with Crippen molar-refractivity contribution in [2.75, 3.05) is 12.4 Å². The number of anilines is 1. The molecule has 0 aliphatic heterocycles. The maximum Gasteiger partial charge on any atom is 0.291 e. The monoisotopic (exact) mass is 403 g/mol. The predicted molar refractivity (Wildman–Crippen MR) is 119 cm³/mol. The Morgan fingerprint density at radius 1 is 0.931 bits per heavy atom. The number of ether oxygens (including phenoxy) is 1. The molecule has 1 aromatic heterocycles. The summed E-state index contributed by atoms with van der Waals surface area (Å²) in [4.78, 5) is 13.0. The van der Waals surface area contributed by atoms with E-state index in [0.717, 1.165) is 16.7 Å². The Kier molecular flexibility index (Phi) is 5.86. The van der Waals surface area contributed by atoms with E-state index in [1.807, 2.05) is 66.7 Å². The van der Waals surface area contributed by atoms with Crippen molar-refractivity contribution < 1.29 is 13.9 Å². The number of rotatable bonds is 7. The Bertz CT molecular complexity index is 1120. The Morgan fingerprint density at radius 3 is 2.48 bits per heavy atom. The fourth-order valence-corrected chi connectivity index (χ4v) is 4.22. The van der Waals surface area contributed by atoms with Crippen LogP contribution in [-0.4, -0.2) is 13.0 Å². The molecular weight excluding hydrogens is 382 g/mol. The van der Waals surface area contributed by atoms with Crippen LogP contribution in [0.25, 0.3) is 11.0 Å². The average Bonchev–Trinajstić information content (AvgIpc) is 3.14. The van der Waals surface area contributed by atoms with Crippen molar-refractivity contribution in [2.45, 2.75) is 11.5 Å². The number of hydrogen-bond acceptors (Lipinski definition) is 4. The van der Waals surface area contributed by atoms with E-state index in [1.54, 1.807) is 18.9 Å². The molecule has 1 N–H and O–H groups in total. The second kappa shape index (κ2) is 8.88. The van der Waals surface area contributed by atoms with Gasteiger partial charge in [0.25, 0.3) is 5.91 Å². The molecule has 0 spiro atoms. The van der Waals surface area contributed by atoms with Crippen molar-refractivity contribution in [3.8, 4) is 5.75 Å². The zero-order valence-electron chi connectivity index (χ0n) is 16.1. The number of methoxy groups -OCH3 is 1. The first-order chi connectivity index (χ1) is 14.3.